The molecule has 264 valence electrons. The zero-order valence-corrected chi connectivity index (χ0v) is 27.6. The fourth-order valence-corrected chi connectivity index (χ4v) is 7.03. The van der Waals surface area contributed by atoms with Gasteiger partial charge in [-0.2, -0.15) is 26.3 Å². The van der Waals surface area contributed by atoms with Crippen molar-refractivity contribution in [2.75, 3.05) is 54.5 Å². The molecule has 2 aromatic heterocycles. The average Bonchev–Trinajstić information content (AvgIpc) is 4.01. The molecule has 1 aromatic carbocycles. The second-order valence-corrected chi connectivity index (χ2v) is 14.2. The van der Waals surface area contributed by atoms with Crippen molar-refractivity contribution in [2.24, 2.45) is 11.8 Å². The smallest absolute Gasteiger partial charge is 0.378 e. The minimum Gasteiger partial charge on any atom is -0.378 e. The van der Waals surface area contributed by atoms with Crippen molar-refractivity contribution in [1.82, 2.24) is 15.0 Å². The molecule has 1 unspecified atom stereocenters. The quantitative estimate of drug-likeness (QED) is 0.205. The number of hydrogen-bond acceptors (Lipinski definition) is 7. The van der Waals surface area contributed by atoms with Crippen LogP contribution in [-0.2, 0) is 36.5 Å². The Morgan fingerprint density at radius 1 is 0.878 bits per heavy atom. The van der Waals surface area contributed by atoms with Gasteiger partial charge in [-0.1, -0.05) is 6.92 Å². The van der Waals surface area contributed by atoms with Gasteiger partial charge in [-0.3, -0.25) is 0 Å². The molecule has 13 heteroatoms. The highest BCUT2D eigenvalue weighted by molar-refractivity contribution is 5.56. The van der Waals surface area contributed by atoms with Crippen molar-refractivity contribution in [3.8, 4) is 0 Å². The molecule has 7 rings (SSSR count). The maximum atomic E-state index is 13.7. The minimum atomic E-state index is -4.94. The van der Waals surface area contributed by atoms with E-state index in [0.29, 0.717) is 62.0 Å². The standard InChI is InChI=1S/C36H42F6N6O/c1-22-3-2-4-26-16-27(33(46-32(22)26)48(20-23-5-6-23)21-24-7-8-24)18-43-34-44-19-31(47-9-11-49-12-10-47)30(45-34)15-25-13-28(35(37,38)39)17-29(14-25)36(40,41)42/h13-14,16-17,19,22-24H,2-12,15,18,20-21H2,1H3,(H,43,44,45). The van der Waals surface area contributed by atoms with E-state index in [1.165, 1.54) is 36.9 Å². The summed E-state index contributed by atoms with van der Waals surface area (Å²) in [4.78, 5) is 19.1. The Morgan fingerprint density at radius 2 is 1.53 bits per heavy atom. The first-order valence-electron chi connectivity index (χ1n) is 17.4. The van der Waals surface area contributed by atoms with E-state index in [0.717, 1.165) is 55.9 Å². The number of pyridine rings is 1. The molecule has 1 aliphatic heterocycles. The number of ether oxygens (including phenoxy) is 1. The largest absolute Gasteiger partial charge is 0.416 e. The molecule has 0 radical (unpaired) electrons. The molecule has 1 N–H and O–H groups in total. The fourth-order valence-electron chi connectivity index (χ4n) is 7.03. The van der Waals surface area contributed by atoms with Crippen LogP contribution in [0.3, 0.4) is 0 Å². The van der Waals surface area contributed by atoms with Gasteiger partial charge in [0.2, 0.25) is 5.95 Å². The van der Waals surface area contributed by atoms with Gasteiger partial charge in [0.05, 0.1) is 41.9 Å². The molecule has 3 aromatic rings. The molecule has 0 spiro atoms. The van der Waals surface area contributed by atoms with Crippen LogP contribution in [0.4, 0.5) is 43.8 Å². The van der Waals surface area contributed by atoms with Gasteiger partial charge in [0.25, 0.3) is 0 Å². The van der Waals surface area contributed by atoms with Crippen LogP contribution in [0, 0.1) is 11.8 Å². The lowest BCUT2D eigenvalue weighted by molar-refractivity contribution is -0.143. The molecule has 1 atom stereocenters. The van der Waals surface area contributed by atoms with E-state index in [-0.39, 0.29) is 24.0 Å². The summed E-state index contributed by atoms with van der Waals surface area (Å²) < 4.78 is 87.7. The Hall–Kier alpha value is -3.61. The third kappa shape index (κ3) is 8.24. The molecule has 4 aliphatic rings. The van der Waals surface area contributed by atoms with Crippen molar-refractivity contribution >= 4 is 17.5 Å². The Labute approximate surface area is 282 Å². The van der Waals surface area contributed by atoms with Crippen molar-refractivity contribution in [3.63, 3.8) is 0 Å². The molecule has 0 amide bonds. The summed E-state index contributed by atoms with van der Waals surface area (Å²) in [7, 11) is 0. The predicted octanol–water partition coefficient (Wildman–Crippen LogP) is 8.01. The Bertz CT molecular complexity index is 1600. The summed E-state index contributed by atoms with van der Waals surface area (Å²) in [5, 5.41) is 3.35. The highest BCUT2D eigenvalue weighted by Crippen LogP contribution is 2.40. The second-order valence-electron chi connectivity index (χ2n) is 14.2. The lowest BCUT2D eigenvalue weighted by Gasteiger charge is -2.31. The number of halogens is 6. The molecule has 3 fully saturated rings. The van der Waals surface area contributed by atoms with E-state index in [1.807, 2.05) is 4.90 Å². The van der Waals surface area contributed by atoms with Crippen molar-refractivity contribution in [1.29, 1.82) is 0 Å². The second kappa shape index (κ2) is 13.6. The molecule has 49 heavy (non-hydrogen) atoms. The number of anilines is 3. The van der Waals surface area contributed by atoms with Crippen molar-refractivity contribution in [3.05, 3.63) is 69.7 Å². The first kappa shape index (κ1) is 33.9. The first-order valence-corrected chi connectivity index (χ1v) is 17.4. The van der Waals surface area contributed by atoms with E-state index >= 15 is 0 Å². The van der Waals surface area contributed by atoms with Crippen molar-refractivity contribution in [2.45, 2.75) is 83.1 Å². The van der Waals surface area contributed by atoms with Crippen LogP contribution in [0.1, 0.15) is 90.6 Å². The van der Waals surface area contributed by atoms with Gasteiger partial charge in [0.1, 0.15) is 5.82 Å². The highest BCUT2D eigenvalue weighted by atomic mass is 19.4. The van der Waals surface area contributed by atoms with Crippen LogP contribution in [0.15, 0.2) is 30.5 Å². The number of aryl methyl sites for hydroxylation is 1. The molecule has 0 bridgehead atoms. The topological polar surface area (TPSA) is 66.4 Å². The number of nitrogens with zero attached hydrogens (tertiary/aromatic N) is 5. The van der Waals surface area contributed by atoms with E-state index in [1.54, 1.807) is 6.20 Å². The predicted molar refractivity (Wildman–Crippen MR) is 175 cm³/mol. The summed E-state index contributed by atoms with van der Waals surface area (Å²) in [5.74, 6) is 3.00. The molecule has 7 nitrogen and oxygen atoms in total. The van der Waals surface area contributed by atoms with Crippen LogP contribution in [0.2, 0.25) is 0 Å². The summed E-state index contributed by atoms with van der Waals surface area (Å²) in [6.45, 7) is 6.46. The molecule has 2 saturated carbocycles. The van der Waals surface area contributed by atoms with Gasteiger partial charge in [-0.15, -0.1) is 0 Å². The van der Waals surface area contributed by atoms with Gasteiger partial charge < -0.3 is 19.9 Å². The monoisotopic (exact) mass is 688 g/mol. The third-order valence-corrected chi connectivity index (χ3v) is 10.0. The third-order valence-electron chi connectivity index (χ3n) is 10.0. The summed E-state index contributed by atoms with van der Waals surface area (Å²) >= 11 is 0. The van der Waals surface area contributed by atoms with Gasteiger partial charge in [-0.05, 0) is 98.1 Å². The van der Waals surface area contributed by atoms with E-state index in [4.69, 9.17) is 14.7 Å². The molecule has 1 saturated heterocycles. The molecular weight excluding hydrogens is 646 g/mol. The maximum absolute atomic E-state index is 13.7. The van der Waals surface area contributed by atoms with Gasteiger partial charge in [0, 0.05) is 50.4 Å². The summed E-state index contributed by atoms with van der Waals surface area (Å²) in [5.41, 5.74) is 1.55. The number of rotatable bonds is 11. The van der Waals surface area contributed by atoms with Crippen molar-refractivity contribution < 1.29 is 31.1 Å². The molecule has 3 heterocycles. The van der Waals surface area contributed by atoms with E-state index in [2.05, 4.69) is 28.2 Å². The van der Waals surface area contributed by atoms with Crippen LogP contribution < -0.4 is 15.1 Å². The first-order chi connectivity index (χ1) is 23.4. The number of alkyl halides is 6. The zero-order chi connectivity index (χ0) is 34.3. The number of aromatic nitrogens is 3. The number of fused-ring (bicyclic) bond motifs is 1. The summed E-state index contributed by atoms with van der Waals surface area (Å²) in [6.07, 6.45) is -0.377. The minimum absolute atomic E-state index is 0.132. The number of morpholine rings is 1. The van der Waals surface area contributed by atoms with Crippen LogP contribution in [0.25, 0.3) is 0 Å². The van der Waals surface area contributed by atoms with Crippen LogP contribution in [-0.4, -0.2) is 54.3 Å². The Kier molecular flexibility index (Phi) is 9.40. The van der Waals surface area contributed by atoms with E-state index < -0.39 is 23.5 Å². The normalized spacial score (nSPS) is 19.9. The highest BCUT2D eigenvalue weighted by Gasteiger charge is 2.37. The van der Waals surface area contributed by atoms with Crippen LogP contribution in [0.5, 0.6) is 0 Å². The van der Waals surface area contributed by atoms with Gasteiger partial charge >= 0.3 is 12.4 Å². The zero-order valence-electron chi connectivity index (χ0n) is 27.6. The lowest BCUT2D eigenvalue weighted by atomic mass is 9.87. The number of hydrogen-bond donors (Lipinski definition) is 1. The maximum Gasteiger partial charge on any atom is 0.416 e. The number of nitrogens with one attached hydrogen (secondary N) is 1. The average molecular weight is 689 g/mol. The fraction of sp³-hybridized carbons (Fsp3) is 0.583. The van der Waals surface area contributed by atoms with Gasteiger partial charge in [0.15, 0.2) is 0 Å². The SMILES string of the molecule is CC1CCCc2cc(CNc3ncc(N4CCOCC4)c(Cc4cc(C(F)(F)F)cc(C(F)(F)F)c4)n3)c(N(CC3CC3)CC3CC3)nc21. The lowest BCUT2D eigenvalue weighted by Crippen LogP contribution is -2.37. The molecular formula is C36H42F6N6O. The Balaban J connectivity index is 1.21. The number of benzene rings is 1. The molecule has 3 aliphatic carbocycles. The van der Waals surface area contributed by atoms with Gasteiger partial charge in [-0.25, -0.2) is 15.0 Å². The summed E-state index contributed by atoms with van der Waals surface area (Å²) in [6, 6.07) is 3.96. The Morgan fingerprint density at radius 3 is 2.14 bits per heavy atom. The van der Waals surface area contributed by atoms with Crippen LogP contribution >= 0.6 is 0 Å². The van der Waals surface area contributed by atoms with E-state index in [9.17, 15) is 26.3 Å².